The van der Waals surface area contributed by atoms with Crippen molar-refractivity contribution in [1.82, 2.24) is 20.1 Å². The van der Waals surface area contributed by atoms with E-state index in [9.17, 15) is 9.59 Å². The number of hydrogen-bond acceptors (Lipinski definition) is 6. The summed E-state index contributed by atoms with van der Waals surface area (Å²) in [5, 5.41) is 14.6. The third-order valence-electron chi connectivity index (χ3n) is 4.32. The number of halogens is 1. The molecule has 8 nitrogen and oxygen atoms in total. The fourth-order valence-corrected chi connectivity index (χ4v) is 4.03. The van der Waals surface area contributed by atoms with Gasteiger partial charge in [-0.3, -0.25) is 9.59 Å². The Morgan fingerprint density at radius 1 is 1.22 bits per heavy atom. The predicted octanol–water partition coefficient (Wildman–Crippen LogP) is 3.90. The van der Waals surface area contributed by atoms with Gasteiger partial charge in [-0.15, -0.1) is 16.8 Å². The first-order valence-corrected chi connectivity index (χ1v) is 11.4. The maximum Gasteiger partial charge on any atom is 0.252 e. The predicted molar refractivity (Wildman–Crippen MR) is 128 cm³/mol. The Morgan fingerprint density at radius 3 is 2.78 bits per heavy atom. The highest BCUT2D eigenvalue weighted by Gasteiger charge is 2.16. The van der Waals surface area contributed by atoms with Crippen LogP contribution in [-0.4, -0.2) is 39.4 Å². The van der Waals surface area contributed by atoms with Gasteiger partial charge in [-0.2, -0.15) is 0 Å². The number of hydrogen-bond donors (Lipinski definition) is 2. The normalized spacial score (nSPS) is 10.4. The molecule has 0 radical (unpaired) electrons. The first-order valence-electron chi connectivity index (χ1n) is 9.64. The molecule has 1 heterocycles. The maximum absolute atomic E-state index is 12.5. The van der Waals surface area contributed by atoms with Crippen LogP contribution in [0.4, 0.5) is 5.69 Å². The van der Waals surface area contributed by atoms with E-state index in [1.54, 1.807) is 55.7 Å². The summed E-state index contributed by atoms with van der Waals surface area (Å²) in [6.07, 6.45) is 1.71. The van der Waals surface area contributed by atoms with Crippen molar-refractivity contribution in [2.75, 3.05) is 18.2 Å². The van der Waals surface area contributed by atoms with Crippen molar-refractivity contribution in [3.63, 3.8) is 0 Å². The molecule has 0 unspecified atom stereocenters. The molecule has 0 saturated carbocycles. The molecule has 0 aliphatic heterocycles. The van der Waals surface area contributed by atoms with Gasteiger partial charge in [0, 0.05) is 22.8 Å². The standard InChI is InChI=1S/C22H22BrN5O3S/c1-3-11-28-19(13-24-21(30)17-9-4-5-10-18(17)23)26-27-22(28)32-14-20(29)25-15-7-6-8-16(12-15)31-2/h3-10,12H,1,11,13-14H2,2H3,(H,24,30)(H,25,29). The van der Waals surface area contributed by atoms with E-state index in [1.165, 1.54) is 11.8 Å². The van der Waals surface area contributed by atoms with Crippen molar-refractivity contribution >= 4 is 45.2 Å². The van der Waals surface area contributed by atoms with Crippen LogP contribution < -0.4 is 15.4 Å². The molecule has 0 bridgehead atoms. The molecule has 1 aromatic heterocycles. The number of allylic oxidation sites excluding steroid dienone is 1. The third kappa shape index (κ3) is 6.21. The molecule has 0 fully saturated rings. The highest BCUT2D eigenvalue weighted by molar-refractivity contribution is 9.10. The van der Waals surface area contributed by atoms with Crippen LogP contribution in [0.2, 0.25) is 0 Å². The Hall–Kier alpha value is -3.11. The highest BCUT2D eigenvalue weighted by Crippen LogP contribution is 2.20. The maximum atomic E-state index is 12.5. The Labute approximate surface area is 198 Å². The molecule has 2 amide bonds. The van der Waals surface area contributed by atoms with Gasteiger partial charge >= 0.3 is 0 Å². The Morgan fingerprint density at radius 2 is 2.03 bits per heavy atom. The lowest BCUT2D eigenvalue weighted by Crippen LogP contribution is -2.25. The molecular weight excluding hydrogens is 494 g/mol. The van der Waals surface area contributed by atoms with Crippen molar-refractivity contribution in [2.45, 2.75) is 18.2 Å². The molecule has 2 aromatic carbocycles. The minimum absolute atomic E-state index is 0.149. The van der Waals surface area contributed by atoms with Gasteiger partial charge in [-0.25, -0.2) is 0 Å². The van der Waals surface area contributed by atoms with Crippen molar-refractivity contribution in [2.24, 2.45) is 0 Å². The van der Waals surface area contributed by atoms with Crippen LogP contribution in [0.5, 0.6) is 5.75 Å². The van der Waals surface area contributed by atoms with Crippen LogP contribution in [0.25, 0.3) is 0 Å². The van der Waals surface area contributed by atoms with E-state index in [0.29, 0.717) is 39.0 Å². The summed E-state index contributed by atoms with van der Waals surface area (Å²) in [5.74, 6) is 0.976. The summed E-state index contributed by atoms with van der Waals surface area (Å²) in [7, 11) is 1.57. The molecular formula is C22H22BrN5O3S. The average Bonchev–Trinajstić information content (AvgIpc) is 3.18. The van der Waals surface area contributed by atoms with Gasteiger partial charge in [-0.1, -0.05) is 36.0 Å². The smallest absolute Gasteiger partial charge is 0.252 e. The molecule has 0 aliphatic rings. The average molecular weight is 516 g/mol. The van der Waals surface area contributed by atoms with E-state index in [-0.39, 0.29) is 24.1 Å². The molecule has 3 aromatic rings. The summed E-state index contributed by atoms with van der Waals surface area (Å²) >= 11 is 4.63. The number of benzene rings is 2. The summed E-state index contributed by atoms with van der Waals surface area (Å²) in [4.78, 5) is 24.8. The zero-order valence-corrected chi connectivity index (χ0v) is 19.8. The highest BCUT2D eigenvalue weighted by atomic mass is 79.9. The van der Waals surface area contributed by atoms with Crippen molar-refractivity contribution in [3.05, 3.63) is 77.0 Å². The lowest BCUT2D eigenvalue weighted by molar-refractivity contribution is -0.113. The molecule has 166 valence electrons. The van der Waals surface area contributed by atoms with E-state index in [1.807, 2.05) is 10.6 Å². The monoisotopic (exact) mass is 515 g/mol. The van der Waals surface area contributed by atoms with E-state index >= 15 is 0 Å². The zero-order chi connectivity index (χ0) is 22.9. The molecule has 32 heavy (non-hydrogen) atoms. The number of carbonyl (C=O) groups is 2. The topological polar surface area (TPSA) is 98.1 Å². The lowest BCUT2D eigenvalue weighted by atomic mass is 10.2. The number of rotatable bonds is 10. The van der Waals surface area contributed by atoms with Crippen molar-refractivity contribution in [3.8, 4) is 5.75 Å². The SMILES string of the molecule is C=CCn1c(CNC(=O)c2ccccc2Br)nnc1SCC(=O)Nc1cccc(OC)c1. The largest absolute Gasteiger partial charge is 0.497 e. The van der Waals surface area contributed by atoms with E-state index in [4.69, 9.17) is 4.74 Å². The molecule has 0 spiro atoms. The Bertz CT molecular complexity index is 1120. The van der Waals surface area contributed by atoms with Crippen molar-refractivity contribution < 1.29 is 14.3 Å². The lowest BCUT2D eigenvalue weighted by Gasteiger charge is -2.10. The number of methoxy groups -OCH3 is 1. The van der Waals surface area contributed by atoms with Crippen LogP contribution in [0.3, 0.4) is 0 Å². The van der Waals surface area contributed by atoms with Gasteiger partial charge < -0.3 is 19.9 Å². The van der Waals surface area contributed by atoms with Crippen LogP contribution in [0.15, 0.2) is 70.8 Å². The number of anilines is 1. The fourth-order valence-electron chi connectivity index (χ4n) is 2.80. The number of thioether (sulfide) groups is 1. The molecule has 3 rings (SSSR count). The van der Waals surface area contributed by atoms with E-state index in [2.05, 4.69) is 43.3 Å². The van der Waals surface area contributed by atoms with Crippen LogP contribution in [0, 0.1) is 0 Å². The second-order valence-electron chi connectivity index (χ2n) is 6.53. The second-order valence-corrected chi connectivity index (χ2v) is 8.33. The van der Waals surface area contributed by atoms with Gasteiger partial charge in [0.1, 0.15) is 5.75 Å². The fraction of sp³-hybridized carbons (Fsp3) is 0.182. The summed E-state index contributed by atoms with van der Waals surface area (Å²) in [5.41, 5.74) is 1.18. The number of ether oxygens (including phenoxy) is 1. The molecule has 10 heteroatoms. The van der Waals surface area contributed by atoms with Crippen LogP contribution >= 0.6 is 27.7 Å². The minimum Gasteiger partial charge on any atom is -0.497 e. The van der Waals surface area contributed by atoms with Crippen LogP contribution in [0.1, 0.15) is 16.2 Å². The van der Waals surface area contributed by atoms with Gasteiger partial charge in [0.2, 0.25) is 5.91 Å². The number of aromatic nitrogens is 3. The molecule has 2 N–H and O–H groups in total. The zero-order valence-electron chi connectivity index (χ0n) is 17.4. The van der Waals surface area contributed by atoms with Gasteiger partial charge in [0.25, 0.3) is 5.91 Å². The number of carbonyl (C=O) groups excluding carboxylic acids is 2. The second kappa shape index (κ2) is 11.5. The number of amides is 2. The van der Waals surface area contributed by atoms with Gasteiger partial charge in [0.15, 0.2) is 11.0 Å². The summed E-state index contributed by atoms with van der Waals surface area (Å²) in [6, 6.07) is 14.3. The Kier molecular flexibility index (Phi) is 8.46. The minimum atomic E-state index is -0.225. The first-order chi connectivity index (χ1) is 15.5. The van der Waals surface area contributed by atoms with E-state index < -0.39 is 0 Å². The van der Waals surface area contributed by atoms with Gasteiger partial charge in [0.05, 0.1) is 25.0 Å². The van der Waals surface area contributed by atoms with Crippen molar-refractivity contribution in [1.29, 1.82) is 0 Å². The molecule has 0 aliphatic carbocycles. The third-order valence-corrected chi connectivity index (χ3v) is 5.97. The van der Waals surface area contributed by atoms with Gasteiger partial charge in [-0.05, 0) is 40.2 Å². The number of nitrogens with zero attached hydrogens (tertiary/aromatic N) is 3. The molecule has 0 saturated heterocycles. The van der Waals surface area contributed by atoms with E-state index in [0.717, 1.165) is 0 Å². The summed E-state index contributed by atoms with van der Waals surface area (Å²) in [6.45, 7) is 4.41. The molecule has 0 atom stereocenters. The summed E-state index contributed by atoms with van der Waals surface area (Å²) < 4.78 is 7.69. The number of nitrogens with one attached hydrogen (secondary N) is 2. The Balaban J connectivity index is 1.61. The quantitative estimate of drug-likeness (QED) is 0.314. The first kappa shape index (κ1) is 23.6. The van der Waals surface area contributed by atoms with Crippen LogP contribution in [-0.2, 0) is 17.9 Å².